The number of rotatable bonds is 20. The Bertz CT molecular complexity index is 1250. The third kappa shape index (κ3) is 13.7. The van der Waals surface area contributed by atoms with Crippen molar-refractivity contribution in [3.05, 3.63) is 35.9 Å². The lowest BCUT2D eigenvalue weighted by Gasteiger charge is -2.34. The maximum Gasteiger partial charge on any atom is 0.245 e. The van der Waals surface area contributed by atoms with Crippen LogP contribution in [0.4, 0.5) is 4.39 Å². The number of terminal acetylenes is 3. The maximum atomic E-state index is 13.9. The molecule has 0 saturated heterocycles. The first kappa shape index (κ1) is 40.3. The van der Waals surface area contributed by atoms with E-state index in [1.54, 1.807) is 14.1 Å². The highest BCUT2D eigenvalue weighted by Crippen LogP contribution is 2.29. The number of nitrogens with one attached hydrogen (secondary N) is 2. The highest BCUT2D eigenvalue weighted by molar-refractivity contribution is 5.91. The van der Waals surface area contributed by atoms with Gasteiger partial charge in [-0.2, -0.15) is 0 Å². The van der Waals surface area contributed by atoms with Gasteiger partial charge in [-0.05, 0) is 44.2 Å². The van der Waals surface area contributed by atoms with E-state index in [9.17, 15) is 29.0 Å². The number of halogens is 1. The summed E-state index contributed by atoms with van der Waals surface area (Å²) >= 11 is 0. The van der Waals surface area contributed by atoms with Gasteiger partial charge in [0.2, 0.25) is 17.7 Å². The van der Waals surface area contributed by atoms with Crippen molar-refractivity contribution in [1.82, 2.24) is 20.4 Å². The lowest BCUT2D eigenvalue weighted by Crippen LogP contribution is -2.57. The van der Waals surface area contributed by atoms with Crippen LogP contribution >= 0.6 is 0 Å². The van der Waals surface area contributed by atoms with E-state index < -0.39 is 54.7 Å². The van der Waals surface area contributed by atoms with E-state index in [0.717, 1.165) is 37.7 Å². The predicted octanol–water partition coefficient (Wildman–Crippen LogP) is 2.90. The molecule has 10 heteroatoms. The number of nitrogens with zero attached hydrogens (tertiary/aromatic N) is 2. The molecule has 262 valence electrons. The number of unbranched alkanes of at least 4 members (excludes halogenated alkanes) is 1. The van der Waals surface area contributed by atoms with Gasteiger partial charge in [-0.25, -0.2) is 4.39 Å². The summed E-state index contributed by atoms with van der Waals surface area (Å²) in [4.78, 5) is 43.9. The number of aliphatic hydroxyl groups is 2. The Morgan fingerprint density at radius 1 is 0.979 bits per heavy atom. The molecule has 4 unspecified atom stereocenters. The Balaban J connectivity index is 2.31. The van der Waals surface area contributed by atoms with Crippen LogP contribution in [0.5, 0.6) is 0 Å². The standard InChI is InChI=1S/C38H53FN4O5/c1-6-9-12-21-33(44)36(46)32(25-29-19-15-11-16-20-29)40-38(48)35(30(7-2)8-3)41-37(47)31(24-28-17-13-10-14-18-28)26-34(45)43(5)23-22-42(4)27-39/h1-3,10,13-14,17-18,29-33,35-36,44,46H,9,11-12,15-16,19-27H2,4-5H3,(H,40,48)(H,41,47)/t31?,32?,33?,35-,36?/m0/s1. The summed E-state index contributed by atoms with van der Waals surface area (Å²) in [5, 5.41) is 27.6. The third-order valence-electron chi connectivity index (χ3n) is 9.10. The number of likely N-dealkylation sites (N-methyl/N-ethyl adjacent to an activating group) is 2. The molecule has 1 aromatic rings. The van der Waals surface area contributed by atoms with E-state index in [-0.39, 0.29) is 37.6 Å². The van der Waals surface area contributed by atoms with Gasteiger partial charge >= 0.3 is 0 Å². The fraction of sp³-hybridized carbons (Fsp3) is 0.605. The molecule has 0 aliphatic heterocycles. The molecule has 1 aliphatic carbocycles. The van der Waals surface area contributed by atoms with E-state index in [1.807, 2.05) is 30.3 Å². The summed E-state index contributed by atoms with van der Waals surface area (Å²) < 4.78 is 12.9. The molecule has 0 heterocycles. The number of benzene rings is 1. The molecular weight excluding hydrogens is 611 g/mol. The minimum Gasteiger partial charge on any atom is -0.390 e. The maximum absolute atomic E-state index is 13.9. The summed E-state index contributed by atoms with van der Waals surface area (Å²) in [5.41, 5.74) is 0.811. The summed E-state index contributed by atoms with van der Waals surface area (Å²) in [6, 6.07) is 6.98. The first-order chi connectivity index (χ1) is 23.0. The van der Waals surface area contributed by atoms with Crippen molar-refractivity contribution < 1.29 is 29.0 Å². The van der Waals surface area contributed by atoms with Gasteiger partial charge in [0.25, 0.3) is 0 Å². The largest absolute Gasteiger partial charge is 0.390 e. The number of aliphatic hydroxyl groups excluding tert-OH is 2. The molecular formula is C38H53FN4O5. The molecule has 9 nitrogen and oxygen atoms in total. The fourth-order valence-corrected chi connectivity index (χ4v) is 6.03. The van der Waals surface area contributed by atoms with Crippen LogP contribution in [-0.2, 0) is 20.8 Å². The minimum atomic E-state index is -1.36. The Morgan fingerprint density at radius 3 is 2.25 bits per heavy atom. The van der Waals surface area contributed by atoms with Crippen LogP contribution in [0, 0.1) is 54.8 Å². The zero-order valence-electron chi connectivity index (χ0n) is 28.5. The van der Waals surface area contributed by atoms with Crippen LogP contribution in [-0.4, -0.2) is 96.0 Å². The average molecular weight is 665 g/mol. The first-order valence-electron chi connectivity index (χ1n) is 16.9. The zero-order valence-corrected chi connectivity index (χ0v) is 28.5. The molecule has 0 aromatic heterocycles. The highest BCUT2D eigenvalue weighted by atomic mass is 19.1. The normalized spacial score (nSPS) is 16.4. The summed E-state index contributed by atoms with van der Waals surface area (Å²) in [6.45, 7) is -0.0755. The minimum absolute atomic E-state index is 0.172. The first-order valence-corrected chi connectivity index (χ1v) is 16.9. The van der Waals surface area contributed by atoms with E-state index >= 15 is 0 Å². The number of hydrogen-bond acceptors (Lipinski definition) is 6. The van der Waals surface area contributed by atoms with Gasteiger partial charge in [-0.1, -0.05) is 74.3 Å². The zero-order chi connectivity index (χ0) is 35.5. The summed E-state index contributed by atoms with van der Waals surface area (Å²) in [5.74, 6) is 3.97. The molecule has 0 spiro atoms. The lowest BCUT2D eigenvalue weighted by molar-refractivity contribution is -0.137. The highest BCUT2D eigenvalue weighted by Gasteiger charge is 2.36. The number of alkyl halides is 1. The average Bonchev–Trinajstić information content (AvgIpc) is 3.10. The second-order valence-corrected chi connectivity index (χ2v) is 12.9. The Hall–Kier alpha value is -3.88. The fourth-order valence-electron chi connectivity index (χ4n) is 6.03. The Morgan fingerprint density at radius 2 is 1.65 bits per heavy atom. The molecule has 1 saturated carbocycles. The molecule has 5 atom stereocenters. The second kappa shape index (κ2) is 21.9. The monoisotopic (exact) mass is 664 g/mol. The van der Waals surface area contributed by atoms with Crippen molar-refractivity contribution in [2.75, 3.05) is 34.0 Å². The molecule has 48 heavy (non-hydrogen) atoms. The second-order valence-electron chi connectivity index (χ2n) is 12.9. The van der Waals surface area contributed by atoms with Crippen molar-refractivity contribution in [3.63, 3.8) is 0 Å². The van der Waals surface area contributed by atoms with Gasteiger partial charge in [0.05, 0.1) is 24.2 Å². The van der Waals surface area contributed by atoms with Crippen LogP contribution in [0.3, 0.4) is 0 Å². The number of amides is 3. The molecule has 4 N–H and O–H groups in total. The van der Waals surface area contributed by atoms with Gasteiger partial charge in [0.15, 0.2) is 0 Å². The van der Waals surface area contributed by atoms with Crippen LogP contribution in [0.1, 0.15) is 69.8 Å². The van der Waals surface area contributed by atoms with Crippen molar-refractivity contribution in [1.29, 1.82) is 0 Å². The van der Waals surface area contributed by atoms with E-state index in [1.165, 1.54) is 9.80 Å². The van der Waals surface area contributed by atoms with Gasteiger partial charge in [0, 0.05) is 33.0 Å². The van der Waals surface area contributed by atoms with Crippen molar-refractivity contribution >= 4 is 17.7 Å². The molecule has 3 amide bonds. The van der Waals surface area contributed by atoms with Gasteiger partial charge in [-0.3, -0.25) is 19.3 Å². The number of carbonyl (C=O) groups excluding carboxylic acids is 3. The SMILES string of the molecule is C#CCCCC(O)C(O)C(CC1CCCCC1)NC(=O)[C@@H](NC(=O)C(CC(=O)N(C)CCN(C)CF)Cc1ccccc1)C(C#C)C#C. The predicted molar refractivity (Wildman–Crippen MR) is 185 cm³/mol. The summed E-state index contributed by atoms with van der Waals surface area (Å²) in [6.07, 6.45) is 21.2. The van der Waals surface area contributed by atoms with Gasteiger partial charge in [0.1, 0.15) is 18.8 Å². The molecule has 0 bridgehead atoms. The van der Waals surface area contributed by atoms with Crippen molar-refractivity contribution in [2.24, 2.45) is 17.8 Å². The summed E-state index contributed by atoms with van der Waals surface area (Å²) in [7, 11) is 3.19. The molecule has 2 rings (SSSR count). The Labute approximate surface area is 286 Å². The smallest absolute Gasteiger partial charge is 0.245 e. The molecule has 1 aromatic carbocycles. The molecule has 1 fully saturated rings. The van der Waals surface area contributed by atoms with Gasteiger partial charge < -0.3 is 25.7 Å². The molecule has 1 aliphatic rings. The number of hydrogen-bond donors (Lipinski definition) is 4. The van der Waals surface area contributed by atoms with Crippen LogP contribution in [0.15, 0.2) is 30.3 Å². The topological polar surface area (TPSA) is 122 Å². The lowest BCUT2D eigenvalue weighted by atomic mass is 9.82. The van der Waals surface area contributed by atoms with Crippen LogP contribution in [0.2, 0.25) is 0 Å². The van der Waals surface area contributed by atoms with E-state index in [4.69, 9.17) is 19.3 Å². The third-order valence-corrected chi connectivity index (χ3v) is 9.10. The van der Waals surface area contributed by atoms with Crippen LogP contribution < -0.4 is 10.6 Å². The van der Waals surface area contributed by atoms with E-state index in [0.29, 0.717) is 25.8 Å². The van der Waals surface area contributed by atoms with Crippen molar-refractivity contribution in [3.8, 4) is 37.0 Å². The number of carbonyl (C=O) groups is 3. The Kier molecular flexibility index (Phi) is 18.4. The molecule has 0 radical (unpaired) electrons. The van der Waals surface area contributed by atoms with Gasteiger partial charge in [-0.15, -0.1) is 25.2 Å². The van der Waals surface area contributed by atoms with Crippen LogP contribution in [0.25, 0.3) is 0 Å². The van der Waals surface area contributed by atoms with Crippen molar-refractivity contribution in [2.45, 2.75) is 94.9 Å². The van der Waals surface area contributed by atoms with E-state index in [2.05, 4.69) is 28.4 Å². The quantitative estimate of drug-likeness (QED) is 0.0967.